The summed E-state index contributed by atoms with van der Waals surface area (Å²) in [4.78, 5) is 39.8. The number of thiocarbonyl (C=S) groups is 1. The molecule has 3 N–H and O–H groups in total. The summed E-state index contributed by atoms with van der Waals surface area (Å²) in [6.07, 6.45) is 1.43. The largest absolute Gasteiger partial charge is 1.00 e. The molecule has 0 bridgehead atoms. The number of carbonyl (C=O) groups is 2. The zero-order valence-corrected chi connectivity index (χ0v) is 18.5. The van der Waals surface area contributed by atoms with E-state index in [2.05, 4.69) is 15.5 Å². The zero-order valence-electron chi connectivity index (χ0n) is 17.0. The van der Waals surface area contributed by atoms with E-state index in [1.165, 1.54) is 23.1 Å². The van der Waals surface area contributed by atoms with Crippen molar-refractivity contribution in [3.05, 3.63) is 39.4 Å². The number of rotatable bonds is 3. The lowest BCUT2D eigenvalue weighted by molar-refractivity contribution is -0.655. The van der Waals surface area contributed by atoms with Crippen molar-refractivity contribution in [2.24, 2.45) is 0 Å². The van der Waals surface area contributed by atoms with Gasteiger partial charge in [0, 0.05) is 28.9 Å². The predicted molar refractivity (Wildman–Crippen MR) is 112 cm³/mol. The summed E-state index contributed by atoms with van der Waals surface area (Å²) in [5, 5.41) is 16.1. The highest BCUT2D eigenvalue weighted by Gasteiger charge is 2.39. The van der Waals surface area contributed by atoms with Gasteiger partial charge >= 0.3 is 0 Å². The molecule has 2 heterocycles. The molecule has 0 spiro atoms. The second-order valence-corrected chi connectivity index (χ2v) is 8.37. The van der Waals surface area contributed by atoms with E-state index in [-0.39, 0.29) is 28.8 Å². The van der Waals surface area contributed by atoms with Crippen LogP contribution < -0.4 is 27.9 Å². The fourth-order valence-electron chi connectivity index (χ4n) is 3.47. The molecule has 2 saturated heterocycles. The molecule has 0 aromatic heterocycles. The number of non-ortho nitro benzene ring substituents is 1. The molecule has 0 unspecified atom stereocenters. The van der Waals surface area contributed by atoms with Gasteiger partial charge in [-0.15, -0.1) is 0 Å². The lowest BCUT2D eigenvalue weighted by Crippen LogP contribution is -3.00. The molecule has 2 amide bonds. The predicted octanol–water partition coefficient (Wildman–Crippen LogP) is -2.59. The van der Waals surface area contributed by atoms with Gasteiger partial charge in [0.05, 0.1) is 31.1 Å². The number of nitrogens with two attached hydrogens (primary N) is 1. The molecule has 1 aromatic carbocycles. The molecular formula is C19H24ClN5O4S. The summed E-state index contributed by atoms with van der Waals surface area (Å²) in [5.74, 6) is -1.12. The Balaban J connectivity index is 0.00000320. The van der Waals surface area contributed by atoms with Crippen molar-refractivity contribution in [2.45, 2.75) is 26.3 Å². The molecular weight excluding hydrogens is 430 g/mol. The number of quaternary nitrogens is 1. The highest BCUT2D eigenvalue weighted by molar-refractivity contribution is 7.80. The van der Waals surface area contributed by atoms with Crippen molar-refractivity contribution in [1.82, 2.24) is 10.2 Å². The fourth-order valence-corrected chi connectivity index (χ4v) is 3.92. The van der Waals surface area contributed by atoms with E-state index >= 15 is 0 Å². The smallest absolute Gasteiger partial charge is 0.270 e. The molecule has 162 valence electrons. The van der Waals surface area contributed by atoms with Gasteiger partial charge in [0.15, 0.2) is 5.11 Å². The van der Waals surface area contributed by atoms with Crippen LogP contribution in [0.5, 0.6) is 0 Å². The van der Waals surface area contributed by atoms with E-state index in [9.17, 15) is 19.7 Å². The number of piperazine rings is 1. The third-order valence-electron chi connectivity index (χ3n) is 4.84. The SMILES string of the molecule is CC(C)(C)N1C(=O)/C(=C\c2cc([N+](=O)[O-])ccc2N2CC[NH2+]CC2)C(=O)NC1=S.[Cl-]. The van der Waals surface area contributed by atoms with E-state index in [1.54, 1.807) is 6.07 Å². The standard InChI is InChI=1S/C19H23N5O4S.ClH/c1-19(2,3)23-17(26)14(16(25)21-18(23)29)11-12-10-13(24(27)28)4-5-15(12)22-8-6-20-7-9-22;/h4-5,10-11,20H,6-9H2,1-3H3,(H,21,25,29);1H/b14-11-;. The van der Waals surface area contributed by atoms with Gasteiger partial charge in [-0.05, 0) is 45.1 Å². The highest BCUT2D eigenvalue weighted by Crippen LogP contribution is 2.29. The minimum absolute atomic E-state index is 0. The number of nitro benzene ring substituents is 1. The van der Waals surface area contributed by atoms with Gasteiger partial charge in [0.2, 0.25) is 0 Å². The summed E-state index contributed by atoms with van der Waals surface area (Å²) in [5.41, 5.74) is 0.387. The first-order valence-electron chi connectivity index (χ1n) is 9.36. The van der Waals surface area contributed by atoms with Crippen LogP contribution in [0.4, 0.5) is 11.4 Å². The molecule has 3 rings (SSSR count). The summed E-state index contributed by atoms with van der Waals surface area (Å²) in [7, 11) is 0. The average Bonchev–Trinajstić information content (AvgIpc) is 2.64. The Morgan fingerprint density at radius 1 is 1.23 bits per heavy atom. The van der Waals surface area contributed by atoms with Crippen molar-refractivity contribution < 1.29 is 32.2 Å². The molecule has 2 fully saturated rings. The topological polar surface area (TPSA) is 112 Å². The van der Waals surface area contributed by atoms with E-state index < -0.39 is 22.3 Å². The molecule has 0 saturated carbocycles. The van der Waals surface area contributed by atoms with Crippen molar-refractivity contribution >= 4 is 46.6 Å². The maximum absolute atomic E-state index is 13.1. The third-order valence-corrected chi connectivity index (χ3v) is 5.13. The second kappa shape index (κ2) is 9.07. The maximum Gasteiger partial charge on any atom is 0.270 e. The van der Waals surface area contributed by atoms with Crippen molar-refractivity contribution in [3.8, 4) is 0 Å². The molecule has 0 aliphatic carbocycles. The average molecular weight is 454 g/mol. The number of amides is 2. The van der Waals surface area contributed by atoms with Crippen LogP contribution in [-0.4, -0.2) is 58.5 Å². The van der Waals surface area contributed by atoms with Gasteiger partial charge in [-0.25, -0.2) is 0 Å². The van der Waals surface area contributed by atoms with E-state index in [0.717, 1.165) is 31.9 Å². The number of benzene rings is 1. The van der Waals surface area contributed by atoms with Gasteiger partial charge in [-0.2, -0.15) is 0 Å². The Morgan fingerprint density at radius 2 is 1.87 bits per heavy atom. The molecule has 30 heavy (non-hydrogen) atoms. The van der Waals surface area contributed by atoms with Gasteiger partial charge in [-0.1, -0.05) is 0 Å². The summed E-state index contributed by atoms with van der Waals surface area (Å²) < 4.78 is 0. The van der Waals surface area contributed by atoms with Gasteiger partial charge in [0.1, 0.15) is 5.57 Å². The number of nitrogens with one attached hydrogen (secondary N) is 1. The lowest BCUT2D eigenvalue weighted by atomic mass is 10.00. The number of anilines is 1. The molecule has 0 radical (unpaired) electrons. The van der Waals surface area contributed by atoms with Crippen LogP contribution in [0.3, 0.4) is 0 Å². The minimum Gasteiger partial charge on any atom is -1.00 e. The summed E-state index contributed by atoms with van der Waals surface area (Å²) in [6, 6.07) is 4.51. The summed E-state index contributed by atoms with van der Waals surface area (Å²) in [6.45, 7) is 8.79. The van der Waals surface area contributed by atoms with E-state index in [4.69, 9.17) is 12.2 Å². The van der Waals surface area contributed by atoms with Crippen LogP contribution in [0.1, 0.15) is 26.3 Å². The number of nitrogens with zero attached hydrogens (tertiary/aromatic N) is 3. The molecule has 1 aromatic rings. The first kappa shape index (κ1) is 23.7. The molecule has 11 heteroatoms. The van der Waals surface area contributed by atoms with Crippen LogP contribution in [0.15, 0.2) is 23.8 Å². The van der Waals surface area contributed by atoms with Crippen molar-refractivity contribution in [2.75, 3.05) is 31.1 Å². The fraction of sp³-hybridized carbons (Fsp3) is 0.421. The second-order valence-electron chi connectivity index (χ2n) is 7.98. The normalized spacial score (nSPS) is 18.9. The van der Waals surface area contributed by atoms with Crippen LogP contribution in [0, 0.1) is 10.1 Å². The number of nitro groups is 1. The van der Waals surface area contributed by atoms with Crippen molar-refractivity contribution in [3.63, 3.8) is 0 Å². The number of halogens is 1. The zero-order chi connectivity index (χ0) is 21.3. The van der Waals surface area contributed by atoms with Gasteiger partial charge in [-0.3, -0.25) is 29.9 Å². The monoisotopic (exact) mass is 453 g/mol. The number of hydrogen-bond donors (Lipinski definition) is 2. The Labute approximate surface area is 186 Å². The summed E-state index contributed by atoms with van der Waals surface area (Å²) >= 11 is 5.18. The minimum atomic E-state index is -0.630. The third kappa shape index (κ3) is 4.77. The van der Waals surface area contributed by atoms with Crippen molar-refractivity contribution in [1.29, 1.82) is 0 Å². The Hall–Kier alpha value is -2.56. The Morgan fingerprint density at radius 3 is 2.43 bits per heavy atom. The van der Waals surface area contributed by atoms with Crippen LogP contribution in [0.2, 0.25) is 0 Å². The Bertz CT molecular complexity index is 922. The first-order chi connectivity index (χ1) is 13.6. The molecule has 9 nitrogen and oxygen atoms in total. The van der Waals surface area contributed by atoms with Gasteiger partial charge < -0.3 is 22.6 Å². The molecule has 0 atom stereocenters. The van der Waals surface area contributed by atoms with Crippen LogP contribution in [-0.2, 0) is 9.59 Å². The Kier molecular flexibility index (Phi) is 7.17. The van der Waals surface area contributed by atoms with Crippen LogP contribution in [0.25, 0.3) is 6.08 Å². The quantitative estimate of drug-likeness (QED) is 0.171. The van der Waals surface area contributed by atoms with E-state index in [0.29, 0.717) is 5.56 Å². The highest BCUT2D eigenvalue weighted by atomic mass is 35.5. The maximum atomic E-state index is 13.1. The number of carbonyl (C=O) groups excluding carboxylic acids is 2. The first-order valence-corrected chi connectivity index (χ1v) is 9.77. The lowest BCUT2D eigenvalue weighted by Gasteiger charge is -2.38. The molecule has 2 aliphatic heterocycles. The van der Waals surface area contributed by atoms with E-state index in [1.807, 2.05) is 20.8 Å². The van der Waals surface area contributed by atoms with Gasteiger partial charge in [0.25, 0.3) is 17.5 Å². The molecule has 2 aliphatic rings. The van der Waals surface area contributed by atoms with Crippen LogP contribution >= 0.6 is 12.2 Å². The number of hydrogen-bond acceptors (Lipinski definition) is 6.